The number of amides is 2. The highest BCUT2D eigenvalue weighted by molar-refractivity contribution is 6.29. The number of hydrogen-bond donors (Lipinski definition) is 1. The number of aromatic nitrogens is 2. The van der Waals surface area contributed by atoms with E-state index in [1.54, 1.807) is 30.7 Å². The van der Waals surface area contributed by atoms with Crippen LogP contribution in [0.2, 0.25) is 5.15 Å². The molecule has 2 atom stereocenters. The van der Waals surface area contributed by atoms with Crippen molar-refractivity contribution in [3.8, 4) is 0 Å². The molecule has 0 spiro atoms. The van der Waals surface area contributed by atoms with Gasteiger partial charge in [-0.1, -0.05) is 31.0 Å². The van der Waals surface area contributed by atoms with E-state index >= 15 is 0 Å². The maximum Gasteiger partial charge on any atom is 0.254 e. The molecule has 3 heterocycles. The maximum absolute atomic E-state index is 12.8. The van der Waals surface area contributed by atoms with Crippen LogP contribution in [0, 0.1) is 11.8 Å². The molecule has 1 aliphatic heterocycles. The van der Waals surface area contributed by atoms with Gasteiger partial charge in [0.05, 0.1) is 0 Å². The zero-order valence-electron chi connectivity index (χ0n) is 16.0. The summed E-state index contributed by atoms with van der Waals surface area (Å²) in [7, 11) is 0. The van der Waals surface area contributed by atoms with E-state index in [9.17, 15) is 9.59 Å². The highest BCUT2D eigenvalue weighted by atomic mass is 35.5. The van der Waals surface area contributed by atoms with Crippen LogP contribution in [0.5, 0.6) is 0 Å². The summed E-state index contributed by atoms with van der Waals surface area (Å²) in [6, 6.07) is 7.09. The molecule has 2 amide bonds. The van der Waals surface area contributed by atoms with E-state index in [1.165, 1.54) is 0 Å². The molecule has 0 unspecified atom stereocenters. The Morgan fingerprint density at radius 3 is 2.86 bits per heavy atom. The summed E-state index contributed by atoms with van der Waals surface area (Å²) >= 11 is 5.91. The molecule has 1 fully saturated rings. The van der Waals surface area contributed by atoms with Gasteiger partial charge in [0.15, 0.2) is 0 Å². The predicted octanol–water partition coefficient (Wildman–Crippen LogP) is 3.32. The second kappa shape index (κ2) is 9.64. The quantitative estimate of drug-likeness (QED) is 0.754. The molecule has 0 saturated carbocycles. The first-order valence-electron chi connectivity index (χ1n) is 9.63. The fraction of sp³-hybridized carbons (Fsp3) is 0.429. The van der Waals surface area contributed by atoms with Gasteiger partial charge in [0, 0.05) is 50.2 Å². The SMILES string of the molecule is CC[C@H]1CN(C(=O)c2ccnc(Cl)c2)CC[C@H]1CC(=O)NCc1cccnc1. The second-order valence-electron chi connectivity index (χ2n) is 7.18. The summed E-state index contributed by atoms with van der Waals surface area (Å²) in [6.45, 7) is 3.91. The molecule has 0 bridgehead atoms. The third-order valence-electron chi connectivity index (χ3n) is 5.34. The van der Waals surface area contributed by atoms with Crippen LogP contribution in [0.1, 0.15) is 42.1 Å². The third-order valence-corrected chi connectivity index (χ3v) is 5.54. The van der Waals surface area contributed by atoms with E-state index in [4.69, 9.17) is 11.6 Å². The molecule has 1 saturated heterocycles. The average molecular weight is 401 g/mol. The van der Waals surface area contributed by atoms with E-state index in [1.807, 2.05) is 17.0 Å². The third kappa shape index (κ3) is 5.29. The molecule has 28 heavy (non-hydrogen) atoms. The molecular formula is C21H25ClN4O2. The Labute approximate surface area is 170 Å². The molecule has 7 heteroatoms. The predicted molar refractivity (Wildman–Crippen MR) is 108 cm³/mol. The normalized spacial score (nSPS) is 19.3. The summed E-state index contributed by atoms with van der Waals surface area (Å²) in [4.78, 5) is 35.0. The molecule has 1 N–H and O–H groups in total. The summed E-state index contributed by atoms with van der Waals surface area (Å²) in [6.07, 6.45) is 7.26. The van der Waals surface area contributed by atoms with Crippen LogP contribution in [-0.4, -0.2) is 39.8 Å². The van der Waals surface area contributed by atoms with Crippen LogP contribution in [0.4, 0.5) is 0 Å². The van der Waals surface area contributed by atoms with Crippen molar-refractivity contribution in [2.45, 2.75) is 32.7 Å². The summed E-state index contributed by atoms with van der Waals surface area (Å²) in [5.41, 5.74) is 1.54. The van der Waals surface area contributed by atoms with Gasteiger partial charge in [-0.2, -0.15) is 0 Å². The number of likely N-dealkylation sites (tertiary alicyclic amines) is 1. The van der Waals surface area contributed by atoms with E-state index in [0.717, 1.165) is 18.4 Å². The molecule has 148 valence electrons. The number of pyridine rings is 2. The van der Waals surface area contributed by atoms with Crippen LogP contribution < -0.4 is 5.32 Å². The topological polar surface area (TPSA) is 75.2 Å². The Bertz CT molecular complexity index is 815. The average Bonchev–Trinajstić information content (AvgIpc) is 2.73. The van der Waals surface area contributed by atoms with Crippen LogP contribution in [-0.2, 0) is 11.3 Å². The molecular weight excluding hydrogens is 376 g/mol. The lowest BCUT2D eigenvalue weighted by molar-refractivity contribution is -0.123. The van der Waals surface area contributed by atoms with Crippen molar-refractivity contribution in [3.63, 3.8) is 0 Å². The number of nitrogens with one attached hydrogen (secondary N) is 1. The number of halogens is 1. The van der Waals surface area contributed by atoms with E-state index < -0.39 is 0 Å². The minimum Gasteiger partial charge on any atom is -0.352 e. The van der Waals surface area contributed by atoms with Gasteiger partial charge in [0.1, 0.15) is 5.15 Å². The van der Waals surface area contributed by atoms with Crippen LogP contribution in [0.25, 0.3) is 0 Å². The zero-order valence-corrected chi connectivity index (χ0v) is 16.7. The van der Waals surface area contributed by atoms with Gasteiger partial charge in [0.2, 0.25) is 5.91 Å². The minimum absolute atomic E-state index is 0.0257. The van der Waals surface area contributed by atoms with Crippen LogP contribution >= 0.6 is 11.6 Å². The smallest absolute Gasteiger partial charge is 0.254 e. The molecule has 0 aromatic carbocycles. The Morgan fingerprint density at radius 2 is 2.14 bits per heavy atom. The lowest BCUT2D eigenvalue weighted by Gasteiger charge is -2.38. The van der Waals surface area contributed by atoms with Gasteiger partial charge in [-0.25, -0.2) is 4.98 Å². The van der Waals surface area contributed by atoms with Crippen molar-refractivity contribution in [1.82, 2.24) is 20.2 Å². The Morgan fingerprint density at radius 1 is 1.29 bits per heavy atom. The standard InChI is InChI=1S/C21H25ClN4O2/c1-2-16-14-26(21(28)18-5-8-24-19(22)10-18)9-6-17(16)11-20(27)25-13-15-4-3-7-23-12-15/h3-5,7-8,10,12,16-17H,2,6,9,11,13-14H2,1H3,(H,25,27)/t16-,17-/m0/s1. The molecule has 3 rings (SSSR count). The molecule has 0 radical (unpaired) electrons. The van der Waals surface area contributed by atoms with Gasteiger partial charge in [0.25, 0.3) is 5.91 Å². The summed E-state index contributed by atoms with van der Waals surface area (Å²) in [5.74, 6) is 0.610. The number of piperidine rings is 1. The molecule has 6 nitrogen and oxygen atoms in total. The van der Waals surface area contributed by atoms with Crippen molar-refractivity contribution < 1.29 is 9.59 Å². The first-order valence-corrected chi connectivity index (χ1v) is 10.0. The number of carbonyl (C=O) groups excluding carboxylic acids is 2. The summed E-state index contributed by atoms with van der Waals surface area (Å²) < 4.78 is 0. The van der Waals surface area contributed by atoms with Crippen molar-refractivity contribution in [1.29, 1.82) is 0 Å². The van der Waals surface area contributed by atoms with Crippen LogP contribution in [0.3, 0.4) is 0 Å². The summed E-state index contributed by atoms with van der Waals surface area (Å²) in [5, 5.41) is 3.29. The zero-order chi connectivity index (χ0) is 19.9. The van der Waals surface area contributed by atoms with Crippen LogP contribution in [0.15, 0.2) is 42.9 Å². The van der Waals surface area contributed by atoms with Gasteiger partial charge in [-0.05, 0) is 42.0 Å². The van der Waals surface area contributed by atoms with Gasteiger partial charge >= 0.3 is 0 Å². The maximum atomic E-state index is 12.8. The molecule has 1 aliphatic rings. The minimum atomic E-state index is -0.0257. The molecule has 2 aromatic heterocycles. The van der Waals surface area contributed by atoms with Crippen molar-refractivity contribution in [3.05, 3.63) is 59.1 Å². The Balaban J connectivity index is 1.54. The fourth-order valence-corrected chi connectivity index (χ4v) is 3.90. The monoisotopic (exact) mass is 400 g/mol. The van der Waals surface area contributed by atoms with Gasteiger partial charge in [-0.3, -0.25) is 14.6 Å². The number of nitrogens with zero attached hydrogens (tertiary/aromatic N) is 3. The van der Waals surface area contributed by atoms with E-state index in [0.29, 0.717) is 42.7 Å². The highest BCUT2D eigenvalue weighted by Crippen LogP contribution is 2.30. The van der Waals surface area contributed by atoms with Gasteiger partial charge < -0.3 is 10.2 Å². The fourth-order valence-electron chi connectivity index (χ4n) is 3.73. The highest BCUT2D eigenvalue weighted by Gasteiger charge is 2.32. The largest absolute Gasteiger partial charge is 0.352 e. The molecule has 2 aromatic rings. The number of rotatable bonds is 6. The van der Waals surface area contributed by atoms with Crippen molar-refractivity contribution >= 4 is 23.4 Å². The van der Waals surface area contributed by atoms with Crippen molar-refractivity contribution in [2.75, 3.05) is 13.1 Å². The number of carbonyl (C=O) groups is 2. The first kappa shape index (κ1) is 20.3. The van der Waals surface area contributed by atoms with E-state index in [2.05, 4.69) is 22.2 Å². The first-order chi connectivity index (χ1) is 13.6. The lowest BCUT2D eigenvalue weighted by Crippen LogP contribution is -2.44. The van der Waals surface area contributed by atoms with Crippen molar-refractivity contribution in [2.24, 2.45) is 11.8 Å². The number of hydrogen-bond acceptors (Lipinski definition) is 4. The van der Waals surface area contributed by atoms with E-state index in [-0.39, 0.29) is 17.7 Å². The molecule has 0 aliphatic carbocycles. The second-order valence-corrected chi connectivity index (χ2v) is 7.56. The Hall–Kier alpha value is -2.47. The lowest BCUT2D eigenvalue weighted by atomic mass is 9.81. The Kier molecular flexibility index (Phi) is 6.98. The van der Waals surface area contributed by atoms with Gasteiger partial charge in [-0.15, -0.1) is 0 Å².